The third kappa shape index (κ3) is 2.61. The first kappa shape index (κ1) is 21.3. The third-order valence-corrected chi connectivity index (χ3v) is 10.1. The second-order valence-corrected chi connectivity index (χ2v) is 11.6. The van der Waals surface area contributed by atoms with Crippen LogP contribution in [0.3, 0.4) is 0 Å². The van der Waals surface area contributed by atoms with Gasteiger partial charge in [0.25, 0.3) is 5.56 Å². The second-order valence-electron chi connectivity index (χ2n) is 11.6. The van der Waals surface area contributed by atoms with Crippen molar-refractivity contribution in [2.24, 2.45) is 42.7 Å². The van der Waals surface area contributed by atoms with Crippen LogP contribution in [-0.4, -0.2) is 36.5 Å². The summed E-state index contributed by atoms with van der Waals surface area (Å²) in [6.45, 7) is 4.54. The van der Waals surface area contributed by atoms with Crippen LogP contribution in [0.2, 0.25) is 0 Å². The van der Waals surface area contributed by atoms with Crippen molar-refractivity contribution >= 4 is 6.08 Å². The number of aromatic nitrogens is 3. The molecule has 176 valence electrons. The fraction of sp³-hybridized carbons (Fsp3) is 0.654. The van der Waals surface area contributed by atoms with E-state index < -0.39 is 17.9 Å². The van der Waals surface area contributed by atoms with E-state index >= 15 is 0 Å². The Hall–Kier alpha value is -2.25. The highest BCUT2D eigenvalue weighted by Gasteiger charge is 2.61. The van der Waals surface area contributed by atoms with Gasteiger partial charge in [-0.1, -0.05) is 19.4 Å². The van der Waals surface area contributed by atoms with Gasteiger partial charge in [-0.25, -0.2) is 4.79 Å². The maximum atomic E-state index is 12.8. The zero-order valence-electron chi connectivity index (χ0n) is 19.8. The molecule has 0 bridgehead atoms. The zero-order chi connectivity index (χ0) is 23.4. The van der Waals surface area contributed by atoms with Crippen molar-refractivity contribution in [1.29, 1.82) is 0 Å². The first-order valence-electron chi connectivity index (χ1n) is 12.2. The molecule has 0 aromatic heterocycles. The maximum absolute atomic E-state index is 12.8. The number of pyridine rings is 1. The van der Waals surface area contributed by atoms with Gasteiger partial charge in [0.2, 0.25) is 0 Å². The molecule has 2 aliphatic heterocycles. The van der Waals surface area contributed by atoms with Gasteiger partial charge in [0.05, 0.1) is 17.8 Å². The highest BCUT2D eigenvalue weighted by molar-refractivity contribution is 5.67. The fourth-order valence-electron chi connectivity index (χ4n) is 8.28. The summed E-state index contributed by atoms with van der Waals surface area (Å²) in [5.74, 6) is 1.42. The normalized spacial score (nSPS) is 39.5. The molecule has 6 aliphatic rings. The summed E-state index contributed by atoms with van der Waals surface area (Å²) in [5.41, 5.74) is 3.00. The molecule has 7 heteroatoms. The van der Waals surface area contributed by atoms with Crippen LogP contribution in [0.25, 0.3) is 17.5 Å². The van der Waals surface area contributed by atoms with Gasteiger partial charge in [-0.15, -0.1) is 0 Å². The summed E-state index contributed by atoms with van der Waals surface area (Å²) >= 11 is 0. The minimum absolute atomic E-state index is 0.0394. The minimum atomic E-state index is -0.528. The van der Waals surface area contributed by atoms with Gasteiger partial charge in [-0.3, -0.25) is 9.36 Å². The molecule has 2 heterocycles. The van der Waals surface area contributed by atoms with Crippen molar-refractivity contribution in [2.75, 3.05) is 0 Å². The van der Waals surface area contributed by atoms with Gasteiger partial charge in [0, 0.05) is 26.2 Å². The number of nitrogens with zero attached hydrogens (tertiary/aromatic N) is 3. The summed E-state index contributed by atoms with van der Waals surface area (Å²) in [4.78, 5) is 29.2. The Morgan fingerprint density at radius 3 is 2.64 bits per heavy atom. The lowest BCUT2D eigenvalue weighted by molar-refractivity contribution is -0.0907. The summed E-state index contributed by atoms with van der Waals surface area (Å²) in [7, 11) is 3.36. The molecule has 7 nitrogen and oxygen atoms in total. The number of allylic oxidation sites excluding steroid dienone is 1. The van der Waals surface area contributed by atoms with E-state index in [1.165, 1.54) is 12.6 Å². The minimum Gasteiger partial charge on any atom is -0.393 e. The van der Waals surface area contributed by atoms with Crippen LogP contribution in [-0.2, 0) is 20.5 Å². The predicted molar refractivity (Wildman–Crippen MR) is 125 cm³/mol. The molecule has 7 atom stereocenters. The molecule has 0 spiro atoms. The summed E-state index contributed by atoms with van der Waals surface area (Å²) in [6.07, 6.45) is 6.74. The lowest BCUT2D eigenvalue weighted by Gasteiger charge is -2.58. The molecule has 4 aliphatic carbocycles. The Morgan fingerprint density at radius 2 is 1.88 bits per heavy atom. The highest BCUT2D eigenvalue weighted by atomic mass is 16.3. The van der Waals surface area contributed by atoms with Crippen LogP contribution in [0.15, 0.2) is 21.2 Å². The van der Waals surface area contributed by atoms with E-state index in [4.69, 9.17) is 0 Å². The molecule has 33 heavy (non-hydrogen) atoms. The Kier molecular flexibility index (Phi) is 4.30. The van der Waals surface area contributed by atoms with E-state index in [0.29, 0.717) is 29.6 Å². The SMILES string of the molecule is Cn1c2nc(=O)n(C)c(=O)c-2cc2c1C=C1CC[C@H]3[C@@H]4[C@H](O)C[C@H](O)[C@@]4(C)CC[C@@H]3[C@@]1(C)C2. The van der Waals surface area contributed by atoms with E-state index in [0.717, 1.165) is 47.9 Å². The molecule has 6 rings (SSSR count). The second kappa shape index (κ2) is 6.66. The van der Waals surface area contributed by atoms with Crippen molar-refractivity contribution in [3.8, 4) is 11.4 Å². The fourth-order valence-corrected chi connectivity index (χ4v) is 8.28. The lowest BCUT2D eigenvalue weighted by atomic mass is 9.47. The number of hydrogen-bond donors (Lipinski definition) is 2. The van der Waals surface area contributed by atoms with Gasteiger partial charge >= 0.3 is 5.69 Å². The largest absolute Gasteiger partial charge is 0.393 e. The lowest BCUT2D eigenvalue weighted by Crippen LogP contribution is -2.53. The number of rotatable bonds is 0. The van der Waals surface area contributed by atoms with Crippen molar-refractivity contribution in [2.45, 2.75) is 64.6 Å². The quantitative estimate of drug-likeness (QED) is 0.639. The van der Waals surface area contributed by atoms with Gasteiger partial charge in [-0.05, 0) is 78.4 Å². The average molecular weight is 452 g/mol. The van der Waals surface area contributed by atoms with Crippen LogP contribution in [0, 0.1) is 28.6 Å². The summed E-state index contributed by atoms with van der Waals surface area (Å²) < 4.78 is 2.98. The molecule has 0 aromatic rings. The van der Waals surface area contributed by atoms with Gasteiger partial charge in [0.15, 0.2) is 5.82 Å². The van der Waals surface area contributed by atoms with Gasteiger partial charge in [0.1, 0.15) is 0 Å². The Bertz CT molecular complexity index is 1290. The van der Waals surface area contributed by atoms with Crippen LogP contribution in [0.1, 0.15) is 57.2 Å². The molecule has 0 unspecified atom stereocenters. The molecule has 3 fully saturated rings. The van der Waals surface area contributed by atoms with E-state index in [2.05, 4.69) is 24.9 Å². The van der Waals surface area contributed by atoms with Crippen LogP contribution < -0.4 is 11.2 Å². The molecule has 0 aromatic carbocycles. The first-order valence-corrected chi connectivity index (χ1v) is 12.2. The molecule has 3 saturated carbocycles. The monoisotopic (exact) mass is 451 g/mol. The van der Waals surface area contributed by atoms with Crippen molar-refractivity contribution in [3.05, 3.63) is 43.7 Å². The standard InChI is InChI=1S/C26H33N3O4/c1-25-8-7-17-15(21(25)19(30)11-20(25)31)6-5-14-10-18-13(12-26(14,17)2)9-16-22(28(18)3)27-24(33)29(4)23(16)32/h9-10,15,17,19-21,30-31H,5-8,11-12H2,1-4H3/t15-,17+,19-,20+,21-,25-,26+/m1/s1. The highest BCUT2D eigenvalue weighted by Crippen LogP contribution is 2.65. The van der Waals surface area contributed by atoms with Crippen molar-refractivity contribution < 1.29 is 10.2 Å². The number of aliphatic hydroxyl groups excluding tert-OH is 2. The van der Waals surface area contributed by atoms with Gasteiger partial charge < -0.3 is 14.8 Å². The van der Waals surface area contributed by atoms with Crippen molar-refractivity contribution in [3.63, 3.8) is 0 Å². The number of fused-ring (bicyclic) bond motifs is 7. The Morgan fingerprint density at radius 1 is 1.12 bits per heavy atom. The number of aliphatic hydroxyl groups is 2. The predicted octanol–water partition coefficient (Wildman–Crippen LogP) is 2.10. The van der Waals surface area contributed by atoms with Crippen molar-refractivity contribution in [1.82, 2.24) is 14.1 Å². The van der Waals surface area contributed by atoms with E-state index in [9.17, 15) is 19.8 Å². The first-order chi connectivity index (χ1) is 15.6. The number of hydrogen-bond acceptors (Lipinski definition) is 5. The van der Waals surface area contributed by atoms with Gasteiger partial charge in [-0.2, -0.15) is 4.98 Å². The summed E-state index contributed by atoms with van der Waals surface area (Å²) in [6, 6.07) is 1.95. The van der Waals surface area contributed by atoms with E-state index in [-0.39, 0.29) is 22.3 Å². The average Bonchev–Trinajstić information content (AvgIpc) is 3.00. The molecule has 0 amide bonds. The third-order valence-electron chi connectivity index (χ3n) is 10.1. The van der Waals surface area contributed by atoms with Crippen LogP contribution >= 0.6 is 0 Å². The van der Waals surface area contributed by atoms with E-state index in [1.807, 2.05) is 17.7 Å². The molecule has 0 saturated heterocycles. The van der Waals surface area contributed by atoms with E-state index in [1.54, 1.807) is 0 Å². The van der Waals surface area contributed by atoms with Crippen LogP contribution in [0.5, 0.6) is 0 Å². The maximum Gasteiger partial charge on any atom is 0.352 e. The van der Waals surface area contributed by atoms with Crippen LogP contribution in [0.4, 0.5) is 0 Å². The molecular formula is C26H33N3O4. The topological polar surface area (TPSA) is 97.4 Å². The molecular weight excluding hydrogens is 418 g/mol. The smallest absolute Gasteiger partial charge is 0.352 e. The Balaban J connectivity index is 1.48. The molecule has 0 radical (unpaired) electrons. The Labute approximate surface area is 193 Å². The molecule has 2 N–H and O–H groups in total. The summed E-state index contributed by atoms with van der Waals surface area (Å²) in [5, 5.41) is 21.7. The zero-order valence-corrected chi connectivity index (χ0v) is 19.8.